The average molecular weight is 566 g/mol. The molecule has 0 radical (unpaired) electrons. The van der Waals surface area contributed by atoms with Crippen molar-refractivity contribution in [3.63, 3.8) is 0 Å². The van der Waals surface area contributed by atoms with Crippen molar-refractivity contribution in [1.29, 1.82) is 5.26 Å². The molecule has 11 heteroatoms. The van der Waals surface area contributed by atoms with Gasteiger partial charge in [0, 0.05) is 5.69 Å². The Labute approximate surface area is 233 Å². The zero-order valence-electron chi connectivity index (χ0n) is 20.6. The fourth-order valence-corrected chi connectivity index (χ4v) is 4.78. The summed E-state index contributed by atoms with van der Waals surface area (Å²) in [6, 6.07) is 17.2. The highest BCUT2D eigenvalue weighted by Crippen LogP contribution is 2.39. The number of nitriles is 1. The van der Waals surface area contributed by atoms with Crippen LogP contribution in [0, 0.1) is 17.1 Å². The normalized spacial score (nSPS) is 13.9. The second kappa shape index (κ2) is 12.5. The van der Waals surface area contributed by atoms with E-state index in [9.17, 15) is 24.0 Å². The molecule has 1 aliphatic rings. The van der Waals surface area contributed by atoms with Crippen molar-refractivity contribution in [2.24, 2.45) is 0 Å². The number of benzene rings is 3. The number of hydrogen-bond donors (Lipinski definition) is 1. The van der Waals surface area contributed by atoms with Gasteiger partial charge in [-0.05, 0) is 78.4 Å². The monoisotopic (exact) mass is 565 g/mol. The number of carbonyl (C=O) groups is 3. The van der Waals surface area contributed by atoms with E-state index >= 15 is 0 Å². The van der Waals surface area contributed by atoms with E-state index in [1.807, 2.05) is 0 Å². The van der Waals surface area contributed by atoms with Gasteiger partial charge in [-0.3, -0.25) is 19.3 Å². The van der Waals surface area contributed by atoms with Gasteiger partial charge in [0.05, 0.1) is 34.7 Å². The van der Waals surface area contributed by atoms with Crippen molar-refractivity contribution >= 4 is 52.2 Å². The molecule has 0 spiro atoms. The first-order valence-corrected chi connectivity index (χ1v) is 12.9. The zero-order chi connectivity index (χ0) is 27.9. The van der Waals surface area contributed by atoms with Gasteiger partial charge in [-0.1, -0.05) is 29.8 Å². The van der Waals surface area contributed by atoms with Gasteiger partial charge in [0.15, 0.2) is 18.1 Å². The lowest BCUT2D eigenvalue weighted by atomic mass is 10.1. The van der Waals surface area contributed by atoms with Crippen molar-refractivity contribution in [3.8, 4) is 17.6 Å². The number of ether oxygens (including phenoxy) is 2. The zero-order valence-corrected chi connectivity index (χ0v) is 22.1. The molecule has 3 amide bonds. The van der Waals surface area contributed by atoms with Crippen LogP contribution in [0.2, 0.25) is 5.02 Å². The number of carbonyl (C=O) groups excluding carboxylic acids is 3. The van der Waals surface area contributed by atoms with Crippen LogP contribution in [-0.2, 0) is 16.1 Å². The van der Waals surface area contributed by atoms with Gasteiger partial charge in [-0.15, -0.1) is 0 Å². The molecule has 0 saturated carbocycles. The van der Waals surface area contributed by atoms with Gasteiger partial charge >= 0.3 is 0 Å². The lowest BCUT2D eigenvalue weighted by Gasteiger charge is -2.15. The summed E-state index contributed by atoms with van der Waals surface area (Å²) in [5.74, 6) is -1.04. The fraction of sp³-hybridized carbons (Fsp3) is 0.143. The number of nitrogens with zero attached hydrogens (tertiary/aromatic N) is 2. The lowest BCUT2D eigenvalue weighted by molar-refractivity contribution is -0.123. The second-order valence-corrected chi connectivity index (χ2v) is 9.54. The Kier molecular flexibility index (Phi) is 8.86. The van der Waals surface area contributed by atoms with Crippen molar-refractivity contribution < 1.29 is 28.2 Å². The molecule has 39 heavy (non-hydrogen) atoms. The van der Waals surface area contributed by atoms with E-state index in [2.05, 4.69) is 11.4 Å². The molecule has 198 valence electrons. The van der Waals surface area contributed by atoms with Gasteiger partial charge in [0.2, 0.25) is 0 Å². The van der Waals surface area contributed by atoms with Crippen molar-refractivity contribution in [3.05, 3.63) is 93.1 Å². The number of amides is 3. The van der Waals surface area contributed by atoms with E-state index in [0.717, 1.165) is 16.7 Å². The summed E-state index contributed by atoms with van der Waals surface area (Å²) >= 11 is 7.22. The summed E-state index contributed by atoms with van der Waals surface area (Å²) in [6.07, 6.45) is 1.51. The molecule has 1 N–H and O–H groups in total. The maximum Gasteiger partial charge on any atom is 0.293 e. The Morgan fingerprint density at radius 2 is 1.90 bits per heavy atom. The maximum absolute atomic E-state index is 13.1. The number of imide groups is 1. The molecule has 0 aromatic heterocycles. The van der Waals surface area contributed by atoms with Crippen LogP contribution >= 0.6 is 23.4 Å². The molecule has 1 fully saturated rings. The molecule has 1 aliphatic heterocycles. The first-order valence-electron chi connectivity index (χ1n) is 11.7. The third-order valence-electron chi connectivity index (χ3n) is 5.44. The minimum Gasteiger partial charge on any atom is -0.490 e. The predicted octanol–water partition coefficient (Wildman–Crippen LogP) is 6.00. The molecule has 8 nitrogen and oxygen atoms in total. The van der Waals surface area contributed by atoms with Crippen LogP contribution in [0.15, 0.2) is 65.6 Å². The second-order valence-electron chi connectivity index (χ2n) is 8.14. The standard InChI is InChI=1S/C28H21ClFN3O5S/c1-2-37-23-12-17(11-22(29)26(23)38-16-25(34)32-21-9-7-20(30)8-10-21)13-24-27(35)33(28(36)39-24)15-19-6-4-3-5-18(19)14-31/h3-13H,2,15-16H2,1H3,(H,32,34)/b24-13+. The highest BCUT2D eigenvalue weighted by atomic mass is 35.5. The molecule has 0 unspecified atom stereocenters. The molecule has 1 heterocycles. The summed E-state index contributed by atoms with van der Waals surface area (Å²) in [4.78, 5) is 39.2. The molecule has 0 aliphatic carbocycles. The van der Waals surface area contributed by atoms with Crippen molar-refractivity contribution in [2.45, 2.75) is 13.5 Å². The molecule has 0 bridgehead atoms. The summed E-state index contributed by atoms with van der Waals surface area (Å²) < 4.78 is 24.3. The number of rotatable bonds is 9. The van der Waals surface area contributed by atoms with E-state index in [0.29, 0.717) is 22.4 Å². The Balaban J connectivity index is 1.50. The fourth-order valence-electron chi connectivity index (χ4n) is 3.67. The van der Waals surface area contributed by atoms with Crippen LogP contribution in [0.3, 0.4) is 0 Å². The van der Waals surface area contributed by atoms with Gasteiger partial charge in [-0.2, -0.15) is 5.26 Å². The van der Waals surface area contributed by atoms with Crippen molar-refractivity contribution in [2.75, 3.05) is 18.5 Å². The number of anilines is 1. The third kappa shape index (κ3) is 6.76. The smallest absolute Gasteiger partial charge is 0.293 e. The molecule has 3 aromatic carbocycles. The lowest BCUT2D eigenvalue weighted by Crippen LogP contribution is -2.27. The van der Waals surface area contributed by atoms with Gasteiger partial charge in [-0.25, -0.2) is 4.39 Å². The molecule has 4 rings (SSSR count). The molecule has 1 saturated heterocycles. The third-order valence-corrected chi connectivity index (χ3v) is 6.63. The van der Waals surface area contributed by atoms with Crippen LogP contribution in [0.4, 0.5) is 14.9 Å². The van der Waals surface area contributed by atoms with Gasteiger partial charge in [0.25, 0.3) is 17.1 Å². The van der Waals surface area contributed by atoms with E-state index in [1.54, 1.807) is 37.3 Å². The molecule has 3 aromatic rings. The maximum atomic E-state index is 13.1. The number of halogens is 2. The predicted molar refractivity (Wildman–Crippen MR) is 146 cm³/mol. The summed E-state index contributed by atoms with van der Waals surface area (Å²) in [5, 5.41) is 11.6. The Morgan fingerprint density at radius 3 is 2.62 bits per heavy atom. The van der Waals surface area contributed by atoms with Crippen LogP contribution in [0.25, 0.3) is 6.08 Å². The highest BCUT2D eigenvalue weighted by molar-refractivity contribution is 8.18. The minimum atomic E-state index is -0.496. The Morgan fingerprint density at radius 1 is 1.15 bits per heavy atom. The Bertz CT molecular complexity index is 1500. The van der Waals surface area contributed by atoms with Crippen molar-refractivity contribution in [1.82, 2.24) is 4.90 Å². The average Bonchev–Trinajstić information content (AvgIpc) is 3.17. The largest absolute Gasteiger partial charge is 0.490 e. The quantitative estimate of drug-likeness (QED) is 0.317. The van der Waals surface area contributed by atoms with E-state index in [-0.39, 0.29) is 41.2 Å². The number of thioether (sulfide) groups is 1. The van der Waals surface area contributed by atoms with Crippen LogP contribution in [0.1, 0.15) is 23.6 Å². The number of hydrogen-bond acceptors (Lipinski definition) is 7. The summed E-state index contributed by atoms with van der Waals surface area (Å²) in [5.41, 5.74) is 1.84. The topological polar surface area (TPSA) is 109 Å². The van der Waals surface area contributed by atoms with Crippen LogP contribution in [0.5, 0.6) is 11.5 Å². The first kappa shape index (κ1) is 27.7. The first-order chi connectivity index (χ1) is 18.8. The van der Waals surface area contributed by atoms with Gasteiger partial charge < -0.3 is 14.8 Å². The molecular weight excluding hydrogens is 545 g/mol. The van der Waals surface area contributed by atoms with E-state index in [4.69, 9.17) is 21.1 Å². The number of nitrogens with one attached hydrogen (secondary N) is 1. The molecular formula is C28H21ClFN3O5S. The minimum absolute atomic E-state index is 0.0243. The Hall–Kier alpha value is -4.33. The van der Waals surface area contributed by atoms with Gasteiger partial charge in [0.1, 0.15) is 5.82 Å². The highest BCUT2D eigenvalue weighted by Gasteiger charge is 2.35. The van der Waals surface area contributed by atoms with E-state index in [1.165, 1.54) is 36.4 Å². The summed E-state index contributed by atoms with van der Waals surface area (Å²) in [7, 11) is 0. The SMILES string of the molecule is CCOc1cc(/C=C2/SC(=O)N(Cc3ccccc3C#N)C2=O)cc(Cl)c1OCC(=O)Nc1ccc(F)cc1. The summed E-state index contributed by atoms with van der Waals surface area (Å²) in [6.45, 7) is 1.62. The van der Waals surface area contributed by atoms with E-state index < -0.39 is 22.9 Å². The van der Waals surface area contributed by atoms with Crippen LogP contribution < -0.4 is 14.8 Å². The molecule has 0 atom stereocenters. The van der Waals surface area contributed by atoms with Crippen LogP contribution in [-0.4, -0.2) is 35.2 Å².